The zero-order chi connectivity index (χ0) is 14.4. The summed E-state index contributed by atoms with van der Waals surface area (Å²) >= 11 is 0. The van der Waals surface area contributed by atoms with Crippen LogP contribution in [-0.2, 0) is 9.59 Å². The van der Waals surface area contributed by atoms with Crippen molar-refractivity contribution in [3.05, 3.63) is 35.9 Å². The summed E-state index contributed by atoms with van der Waals surface area (Å²) < 4.78 is 0. The fourth-order valence-corrected chi connectivity index (χ4v) is 1.74. The van der Waals surface area contributed by atoms with Gasteiger partial charge in [-0.05, 0) is 19.4 Å². The van der Waals surface area contributed by atoms with Gasteiger partial charge in [-0.3, -0.25) is 9.59 Å². The Morgan fingerprint density at radius 3 is 2.32 bits per heavy atom. The van der Waals surface area contributed by atoms with Gasteiger partial charge in [-0.2, -0.15) is 0 Å². The van der Waals surface area contributed by atoms with Crippen LogP contribution in [-0.4, -0.2) is 29.6 Å². The van der Waals surface area contributed by atoms with Crippen molar-refractivity contribution in [1.82, 2.24) is 5.32 Å². The molecule has 0 fully saturated rings. The average molecular weight is 264 g/mol. The second kappa shape index (κ2) is 6.89. The van der Waals surface area contributed by atoms with Crippen molar-refractivity contribution in [3.8, 4) is 0 Å². The van der Waals surface area contributed by atoms with Gasteiger partial charge in [0, 0.05) is 12.6 Å². The molecular formula is C14H20N2O3. The van der Waals surface area contributed by atoms with Gasteiger partial charge in [-0.15, -0.1) is 0 Å². The zero-order valence-corrected chi connectivity index (χ0v) is 11.2. The molecule has 3 unspecified atom stereocenters. The summed E-state index contributed by atoms with van der Waals surface area (Å²) in [6.07, 6.45) is 0. The monoisotopic (exact) mass is 264 g/mol. The van der Waals surface area contributed by atoms with Gasteiger partial charge < -0.3 is 16.2 Å². The molecule has 0 aliphatic heterocycles. The van der Waals surface area contributed by atoms with E-state index in [1.165, 1.54) is 0 Å². The molecule has 1 amide bonds. The number of carboxylic acid groups (broad SMARTS) is 1. The minimum atomic E-state index is -0.934. The summed E-state index contributed by atoms with van der Waals surface area (Å²) in [6.45, 7) is 3.42. The summed E-state index contributed by atoms with van der Waals surface area (Å²) in [5.41, 5.74) is 6.47. The van der Waals surface area contributed by atoms with Crippen molar-refractivity contribution in [2.45, 2.75) is 25.8 Å². The largest absolute Gasteiger partial charge is 0.481 e. The normalized spacial score (nSPS) is 15.3. The van der Waals surface area contributed by atoms with Crippen molar-refractivity contribution < 1.29 is 14.7 Å². The first kappa shape index (κ1) is 15.2. The topological polar surface area (TPSA) is 92.4 Å². The van der Waals surface area contributed by atoms with E-state index in [1.807, 2.05) is 30.3 Å². The highest BCUT2D eigenvalue weighted by Crippen LogP contribution is 2.15. The molecule has 0 saturated heterocycles. The van der Waals surface area contributed by atoms with Crippen molar-refractivity contribution in [2.24, 2.45) is 11.7 Å². The van der Waals surface area contributed by atoms with Crippen LogP contribution in [0.3, 0.4) is 0 Å². The number of amides is 1. The maximum Gasteiger partial charge on any atom is 0.308 e. The molecule has 0 aromatic heterocycles. The van der Waals surface area contributed by atoms with Crippen LogP contribution in [0.25, 0.3) is 0 Å². The highest BCUT2D eigenvalue weighted by atomic mass is 16.4. The summed E-state index contributed by atoms with van der Waals surface area (Å²) in [4.78, 5) is 23.0. The number of benzene rings is 1. The van der Waals surface area contributed by atoms with Gasteiger partial charge in [0.15, 0.2) is 0 Å². The van der Waals surface area contributed by atoms with Crippen molar-refractivity contribution in [2.75, 3.05) is 6.54 Å². The lowest BCUT2D eigenvalue weighted by molar-refractivity contribution is -0.142. The fourth-order valence-electron chi connectivity index (χ4n) is 1.74. The van der Waals surface area contributed by atoms with E-state index >= 15 is 0 Å². The van der Waals surface area contributed by atoms with Crippen LogP contribution in [0.15, 0.2) is 30.3 Å². The molecule has 19 heavy (non-hydrogen) atoms. The second-order valence-electron chi connectivity index (χ2n) is 4.62. The number of nitrogens with two attached hydrogens (primary N) is 1. The van der Waals surface area contributed by atoms with E-state index in [4.69, 9.17) is 10.8 Å². The van der Waals surface area contributed by atoms with Crippen LogP contribution in [0, 0.1) is 5.92 Å². The Morgan fingerprint density at radius 2 is 1.84 bits per heavy atom. The number of nitrogens with one attached hydrogen (secondary N) is 1. The standard InChI is InChI=1S/C14H20N2O3/c1-9(14(18)19)10(2)16-13(17)12(8-15)11-6-4-3-5-7-11/h3-7,9-10,12H,8,15H2,1-2H3,(H,16,17)(H,18,19). The maximum atomic E-state index is 12.1. The minimum absolute atomic E-state index is 0.185. The Bertz CT molecular complexity index is 434. The predicted octanol–water partition coefficient (Wildman–Crippen LogP) is 0.954. The summed E-state index contributed by atoms with van der Waals surface area (Å²) in [6, 6.07) is 8.78. The van der Waals surface area contributed by atoms with Gasteiger partial charge >= 0.3 is 5.97 Å². The van der Waals surface area contributed by atoms with E-state index in [-0.39, 0.29) is 12.5 Å². The zero-order valence-electron chi connectivity index (χ0n) is 11.2. The Hall–Kier alpha value is -1.88. The van der Waals surface area contributed by atoms with Crippen molar-refractivity contribution in [3.63, 3.8) is 0 Å². The Balaban J connectivity index is 2.73. The first-order chi connectivity index (χ1) is 8.97. The third-order valence-corrected chi connectivity index (χ3v) is 3.26. The number of carbonyl (C=O) groups is 2. The third kappa shape index (κ3) is 4.06. The van der Waals surface area contributed by atoms with Gasteiger partial charge in [-0.1, -0.05) is 30.3 Å². The number of hydrogen-bond donors (Lipinski definition) is 3. The molecule has 3 atom stereocenters. The number of rotatable bonds is 6. The molecule has 1 aromatic carbocycles. The number of carbonyl (C=O) groups excluding carboxylic acids is 1. The second-order valence-corrected chi connectivity index (χ2v) is 4.62. The molecule has 104 valence electrons. The Kier molecular flexibility index (Phi) is 5.51. The van der Waals surface area contributed by atoms with E-state index in [2.05, 4.69) is 5.32 Å². The fraction of sp³-hybridized carbons (Fsp3) is 0.429. The van der Waals surface area contributed by atoms with Crippen molar-refractivity contribution in [1.29, 1.82) is 0 Å². The first-order valence-electron chi connectivity index (χ1n) is 6.25. The summed E-state index contributed by atoms with van der Waals surface area (Å²) in [7, 11) is 0. The molecule has 0 aliphatic carbocycles. The SMILES string of the molecule is CC(NC(=O)C(CN)c1ccccc1)C(C)C(=O)O. The van der Waals surface area contributed by atoms with Crippen LogP contribution in [0.1, 0.15) is 25.3 Å². The van der Waals surface area contributed by atoms with Gasteiger partial charge in [0.1, 0.15) is 0 Å². The van der Waals surface area contributed by atoms with Crippen LogP contribution in [0.5, 0.6) is 0 Å². The molecule has 0 spiro atoms. The van der Waals surface area contributed by atoms with E-state index in [9.17, 15) is 9.59 Å². The van der Waals surface area contributed by atoms with E-state index in [0.29, 0.717) is 0 Å². The Morgan fingerprint density at radius 1 is 1.26 bits per heavy atom. The van der Waals surface area contributed by atoms with Gasteiger partial charge in [-0.25, -0.2) is 0 Å². The molecule has 5 nitrogen and oxygen atoms in total. The Labute approximate surface area is 112 Å². The molecule has 0 bridgehead atoms. The predicted molar refractivity (Wildman–Crippen MR) is 72.6 cm³/mol. The van der Waals surface area contributed by atoms with E-state index in [1.54, 1.807) is 13.8 Å². The van der Waals surface area contributed by atoms with Crippen LogP contribution in [0.4, 0.5) is 0 Å². The smallest absolute Gasteiger partial charge is 0.308 e. The van der Waals surface area contributed by atoms with Crippen LogP contribution < -0.4 is 11.1 Å². The van der Waals surface area contributed by atoms with E-state index < -0.39 is 23.8 Å². The molecule has 0 aliphatic rings. The van der Waals surface area contributed by atoms with Gasteiger partial charge in [0.25, 0.3) is 0 Å². The lowest BCUT2D eigenvalue weighted by Crippen LogP contribution is -2.43. The number of hydrogen-bond acceptors (Lipinski definition) is 3. The lowest BCUT2D eigenvalue weighted by Gasteiger charge is -2.21. The average Bonchev–Trinajstić information content (AvgIpc) is 2.39. The van der Waals surface area contributed by atoms with Crippen molar-refractivity contribution >= 4 is 11.9 Å². The molecule has 4 N–H and O–H groups in total. The van der Waals surface area contributed by atoms with Crippen LogP contribution in [0.2, 0.25) is 0 Å². The molecule has 1 rings (SSSR count). The molecule has 1 aromatic rings. The molecule has 0 heterocycles. The lowest BCUT2D eigenvalue weighted by atomic mass is 9.96. The van der Waals surface area contributed by atoms with E-state index in [0.717, 1.165) is 5.56 Å². The first-order valence-corrected chi connectivity index (χ1v) is 6.25. The quantitative estimate of drug-likeness (QED) is 0.713. The highest BCUT2D eigenvalue weighted by Gasteiger charge is 2.25. The molecular weight excluding hydrogens is 244 g/mol. The number of aliphatic carboxylic acids is 1. The summed E-state index contributed by atoms with van der Waals surface area (Å²) in [5, 5.41) is 11.6. The maximum absolute atomic E-state index is 12.1. The highest BCUT2D eigenvalue weighted by molar-refractivity contribution is 5.84. The van der Waals surface area contributed by atoms with Crippen LogP contribution >= 0.6 is 0 Å². The third-order valence-electron chi connectivity index (χ3n) is 3.26. The molecule has 0 saturated carbocycles. The van der Waals surface area contributed by atoms with Gasteiger partial charge in [0.2, 0.25) is 5.91 Å². The summed E-state index contributed by atoms with van der Waals surface area (Å²) in [5.74, 6) is -2.27. The minimum Gasteiger partial charge on any atom is -0.481 e. The number of carboxylic acids is 1. The van der Waals surface area contributed by atoms with Gasteiger partial charge in [0.05, 0.1) is 11.8 Å². The molecule has 0 radical (unpaired) electrons. The molecule has 5 heteroatoms.